The van der Waals surface area contributed by atoms with Crippen LogP contribution in [0.1, 0.15) is 12.5 Å². The molecule has 1 atom stereocenters. The van der Waals surface area contributed by atoms with Crippen molar-refractivity contribution in [3.63, 3.8) is 0 Å². The third kappa shape index (κ3) is 1.72. The molecule has 0 aliphatic carbocycles. The predicted molar refractivity (Wildman–Crippen MR) is 66.6 cm³/mol. The Morgan fingerprint density at radius 3 is 2.81 bits per heavy atom. The molecule has 3 heteroatoms. The highest BCUT2D eigenvalue weighted by Crippen LogP contribution is 2.30. The summed E-state index contributed by atoms with van der Waals surface area (Å²) in [5.74, 6) is 0. The van der Waals surface area contributed by atoms with Gasteiger partial charge < -0.3 is 15.5 Å². The Labute approximate surface area is 95.6 Å². The third-order valence-corrected chi connectivity index (χ3v) is 3.15. The highest BCUT2D eigenvalue weighted by molar-refractivity contribution is 5.84. The van der Waals surface area contributed by atoms with E-state index in [9.17, 15) is 0 Å². The summed E-state index contributed by atoms with van der Waals surface area (Å²) < 4.78 is 5.28. The number of fused-ring (bicyclic) bond motifs is 1. The van der Waals surface area contributed by atoms with Crippen LogP contribution in [0.4, 0.5) is 0 Å². The fourth-order valence-corrected chi connectivity index (χ4v) is 2.14. The lowest BCUT2D eigenvalue weighted by atomic mass is 9.83. The van der Waals surface area contributed by atoms with Crippen LogP contribution >= 0.6 is 0 Å². The molecule has 86 valence electrons. The van der Waals surface area contributed by atoms with Crippen molar-refractivity contribution in [1.29, 1.82) is 0 Å². The summed E-state index contributed by atoms with van der Waals surface area (Å²) in [4.78, 5) is 3.28. The number of para-hydroxylation sites is 1. The number of hydrogen-bond acceptors (Lipinski definition) is 2. The Balaban J connectivity index is 2.53. The fourth-order valence-electron chi connectivity index (χ4n) is 2.14. The number of aromatic amines is 1. The van der Waals surface area contributed by atoms with E-state index in [4.69, 9.17) is 10.5 Å². The Hall–Kier alpha value is -1.32. The lowest BCUT2D eigenvalue weighted by Crippen LogP contribution is -2.36. The van der Waals surface area contributed by atoms with Crippen LogP contribution in [0.15, 0.2) is 30.5 Å². The molecule has 1 unspecified atom stereocenters. The van der Waals surface area contributed by atoms with E-state index < -0.39 is 0 Å². The molecule has 0 bridgehead atoms. The van der Waals surface area contributed by atoms with E-state index in [1.165, 1.54) is 10.9 Å². The topological polar surface area (TPSA) is 51.0 Å². The summed E-state index contributed by atoms with van der Waals surface area (Å²) in [5.41, 5.74) is 8.13. The Morgan fingerprint density at radius 1 is 1.38 bits per heavy atom. The van der Waals surface area contributed by atoms with Crippen LogP contribution < -0.4 is 5.73 Å². The molecule has 1 heterocycles. The molecule has 0 aliphatic rings. The maximum absolute atomic E-state index is 5.88. The van der Waals surface area contributed by atoms with Crippen LogP contribution in [-0.2, 0) is 10.2 Å². The van der Waals surface area contributed by atoms with Gasteiger partial charge in [0.1, 0.15) is 0 Å². The molecule has 16 heavy (non-hydrogen) atoms. The average Bonchev–Trinajstić information content (AvgIpc) is 2.73. The first-order valence-corrected chi connectivity index (χ1v) is 5.47. The summed E-state index contributed by atoms with van der Waals surface area (Å²) >= 11 is 0. The van der Waals surface area contributed by atoms with Gasteiger partial charge in [-0.1, -0.05) is 25.1 Å². The second-order valence-electron chi connectivity index (χ2n) is 4.45. The molecule has 1 aromatic heterocycles. The average molecular weight is 218 g/mol. The maximum Gasteiger partial charge on any atom is 0.0569 e. The minimum atomic E-state index is -0.131. The van der Waals surface area contributed by atoms with Gasteiger partial charge in [-0.05, 0) is 11.6 Å². The van der Waals surface area contributed by atoms with Crippen LogP contribution in [-0.4, -0.2) is 25.2 Å². The Kier molecular flexibility index (Phi) is 2.99. The zero-order chi connectivity index (χ0) is 11.6. The van der Waals surface area contributed by atoms with E-state index >= 15 is 0 Å². The number of H-pyrrole nitrogens is 1. The highest BCUT2D eigenvalue weighted by Gasteiger charge is 2.27. The van der Waals surface area contributed by atoms with Gasteiger partial charge in [-0.15, -0.1) is 0 Å². The van der Waals surface area contributed by atoms with E-state index in [1.54, 1.807) is 7.11 Å². The summed E-state index contributed by atoms with van der Waals surface area (Å²) in [6.07, 6.45) is 2.04. The molecule has 3 nitrogen and oxygen atoms in total. The Morgan fingerprint density at radius 2 is 2.12 bits per heavy atom. The van der Waals surface area contributed by atoms with Crippen LogP contribution in [0.2, 0.25) is 0 Å². The summed E-state index contributed by atoms with van der Waals surface area (Å²) in [6, 6.07) is 8.26. The molecule has 0 spiro atoms. The molecular formula is C13H18N2O. The lowest BCUT2D eigenvalue weighted by molar-refractivity contribution is 0.142. The van der Waals surface area contributed by atoms with E-state index in [0.717, 1.165) is 5.52 Å². The number of ether oxygens (including phenoxy) is 1. The van der Waals surface area contributed by atoms with Crippen molar-refractivity contribution in [2.45, 2.75) is 12.3 Å². The standard InChI is InChI=1S/C13H18N2O/c1-13(8-14,9-16-2)11-7-15-12-6-4-3-5-10(11)12/h3-7,15H,8-9,14H2,1-2H3. The zero-order valence-corrected chi connectivity index (χ0v) is 9.79. The van der Waals surface area contributed by atoms with Crippen LogP contribution in [0.3, 0.4) is 0 Å². The summed E-state index contributed by atoms with van der Waals surface area (Å²) in [7, 11) is 1.71. The van der Waals surface area contributed by atoms with Crippen molar-refractivity contribution in [3.05, 3.63) is 36.0 Å². The largest absolute Gasteiger partial charge is 0.384 e. The second-order valence-corrected chi connectivity index (χ2v) is 4.45. The van der Waals surface area contributed by atoms with Crippen molar-refractivity contribution in [2.75, 3.05) is 20.3 Å². The highest BCUT2D eigenvalue weighted by atomic mass is 16.5. The smallest absolute Gasteiger partial charge is 0.0569 e. The van der Waals surface area contributed by atoms with Crippen molar-refractivity contribution in [1.82, 2.24) is 4.98 Å². The number of nitrogens with one attached hydrogen (secondary N) is 1. The van der Waals surface area contributed by atoms with Gasteiger partial charge in [0.05, 0.1) is 6.61 Å². The summed E-state index contributed by atoms with van der Waals surface area (Å²) in [6.45, 7) is 3.33. The van der Waals surface area contributed by atoms with Gasteiger partial charge in [0.2, 0.25) is 0 Å². The van der Waals surface area contributed by atoms with Gasteiger partial charge in [0.25, 0.3) is 0 Å². The van der Waals surface area contributed by atoms with Gasteiger partial charge in [-0.3, -0.25) is 0 Å². The minimum absolute atomic E-state index is 0.131. The predicted octanol–water partition coefficient (Wildman–Crippen LogP) is 2.03. The summed E-state index contributed by atoms with van der Waals surface area (Å²) in [5, 5.41) is 1.23. The van der Waals surface area contributed by atoms with Crippen molar-refractivity contribution >= 4 is 10.9 Å². The number of benzene rings is 1. The van der Waals surface area contributed by atoms with Gasteiger partial charge >= 0.3 is 0 Å². The lowest BCUT2D eigenvalue weighted by Gasteiger charge is -2.26. The van der Waals surface area contributed by atoms with Crippen molar-refractivity contribution in [3.8, 4) is 0 Å². The van der Waals surface area contributed by atoms with E-state index in [-0.39, 0.29) is 5.41 Å². The maximum atomic E-state index is 5.88. The molecule has 0 aliphatic heterocycles. The number of rotatable bonds is 4. The first-order chi connectivity index (χ1) is 7.71. The first-order valence-electron chi connectivity index (χ1n) is 5.47. The van der Waals surface area contributed by atoms with Crippen molar-refractivity contribution < 1.29 is 4.74 Å². The monoisotopic (exact) mass is 218 g/mol. The minimum Gasteiger partial charge on any atom is -0.384 e. The van der Waals surface area contributed by atoms with Crippen LogP contribution in [0, 0.1) is 0 Å². The number of nitrogens with two attached hydrogens (primary N) is 1. The molecule has 0 amide bonds. The first kappa shape index (κ1) is 11.2. The van der Waals surface area contributed by atoms with E-state index in [0.29, 0.717) is 13.2 Å². The van der Waals surface area contributed by atoms with Crippen molar-refractivity contribution in [2.24, 2.45) is 5.73 Å². The molecule has 1 aromatic carbocycles. The molecule has 2 rings (SSSR count). The van der Waals surface area contributed by atoms with E-state index in [2.05, 4.69) is 24.0 Å². The molecule has 0 saturated carbocycles. The van der Waals surface area contributed by atoms with E-state index in [1.807, 2.05) is 18.3 Å². The van der Waals surface area contributed by atoms with Gasteiger partial charge in [-0.2, -0.15) is 0 Å². The zero-order valence-electron chi connectivity index (χ0n) is 9.79. The fraction of sp³-hybridized carbons (Fsp3) is 0.385. The molecule has 0 saturated heterocycles. The molecule has 3 N–H and O–H groups in total. The van der Waals surface area contributed by atoms with Gasteiger partial charge in [-0.25, -0.2) is 0 Å². The van der Waals surface area contributed by atoms with Crippen LogP contribution in [0.5, 0.6) is 0 Å². The number of hydrogen-bond donors (Lipinski definition) is 2. The van der Waals surface area contributed by atoms with Crippen LogP contribution in [0.25, 0.3) is 10.9 Å². The molecule has 0 fully saturated rings. The Bertz CT molecular complexity index is 477. The molecule has 2 aromatic rings. The van der Waals surface area contributed by atoms with Gasteiger partial charge in [0.15, 0.2) is 0 Å². The molecule has 0 radical (unpaired) electrons. The normalized spacial score (nSPS) is 15.2. The third-order valence-electron chi connectivity index (χ3n) is 3.15. The SMILES string of the molecule is COCC(C)(CN)c1c[nH]c2ccccc12. The molecular weight excluding hydrogens is 200 g/mol. The van der Waals surface area contributed by atoms with Gasteiger partial charge in [0, 0.05) is 36.2 Å². The quantitative estimate of drug-likeness (QED) is 0.825. The second kappa shape index (κ2) is 4.28. The number of methoxy groups -OCH3 is 1. The number of aromatic nitrogens is 1.